The molecule has 1 fully saturated rings. The lowest BCUT2D eigenvalue weighted by Gasteiger charge is -2.26. The summed E-state index contributed by atoms with van der Waals surface area (Å²) in [6, 6.07) is 21.4. The first kappa shape index (κ1) is 22.5. The van der Waals surface area contributed by atoms with Crippen molar-refractivity contribution in [2.24, 2.45) is 0 Å². The zero-order chi connectivity index (χ0) is 24.7. The summed E-state index contributed by atoms with van der Waals surface area (Å²) in [5, 5.41) is 12.3. The van der Waals surface area contributed by atoms with Crippen molar-refractivity contribution >= 4 is 34.0 Å². The molecule has 1 unspecified atom stereocenters. The summed E-state index contributed by atoms with van der Waals surface area (Å²) in [5.74, 6) is -1.04. The van der Waals surface area contributed by atoms with Gasteiger partial charge in [-0.2, -0.15) is 0 Å². The van der Waals surface area contributed by atoms with Gasteiger partial charge in [0, 0.05) is 39.5 Å². The number of hydrogen-bond acceptors (Lipinski definition) is 4. The molecule has 0 saturated carbocycles. The lowest BCUT2D eigenvalue weighted by molar-refractivity contribution is -0.132. The highest BCUT2D eigenvalue weighted by Crippen LogP contribution is 2.45. The van der Waals surface area contributed by atoms with Gasteiger partial charge in [-0.05, 0) is 37.1 Å². The van der Waals surface area contributed by atoms with Gasteiger partial charge in [0.15, 0.2) is 0 Å². The van der Waals surface area contributed by atoms with E-state index in [0.717, 1.165) is 34.1 Å². The number of carbonyl (C=O) groups is 2. The number of hydrogen-bond donors (Lipinski definition) is 2. The molecule has 6 heteroatoms. The fraction of sp³-hybridized carbons (Fsp3) is 0.172. The second-order valence-electron chi connectivity index (χ2n) is 8.63. The van der Waals surface area contributed by atoms with Crippen molar-refractivity contribution in [3.8, 4) is 5.75 Å². The van der Waals surface area contributed by atoms with Crippen LogP contribution in [-0.2, 0) is 16.0 Å². The molecular weight excluding hydrogens is 440 g/mol. The topological polar surface area (TPSA) is 82.6 Å². The normalized spacial score (nSPS) is 17.3. The van der Waals surface area contributed by atoms with E-state index < -0.39 is 17.7 Å². The number of aliphatic hydroxyl groups excluding tert-OH is 1. The minimum Gasteiger partial charge on any atom is -0.507 e. The van der Waals surface area contributed by atoms with Gasteiger partial charge in [-0.15, -0.1) is 0 Å². The van der Waals surface area contributed by atoms with Crippen LogP contribution in [0, 0.1) is 6.92 Å². The Morgan fingerprint density at radius 2 is 1.77 bits per heavy atom. The van der Waals surface area contributed by atoms with Gasteiger partial charge in [0.1, 0.15) is 11.5 Å². The molecule has 1 aromatic heterocycles. The van der Waals surface area contributed by atoms with Crippen molar-refractivity contribution in [1.82, 2.24) is 4.98 Å². The molecule has 1 amide bonds. The fourth-order valence-corrected chi connectivity index (χ4v) is 4.84. The Bertz CT molecular complexity index is 1480. The number of aromatic nitrogens is 1. The SMILES string of the molecule is CCc1ccc(/C(O)=C2\C(=O)C(=O)N(c3cccc(OC)c3)C2c2c(C)[nH]c3ccccc23)cc1. The van der Waals surface area contributed by atoms with E-state index >= 15 is 0 Å². The number of H-pyrrole nitrogens is 1. The molecule has 35 heavy (non-hydrogen) atoms. The van der Waals surface area contributed by atoms with Gasteiger partial charge in [-0.1, -0.05) is 55.5 Å². The van der Waals surface area contributed by atoms with Gasteiger partial charge >= 0.3 is 0 Å². The standard InChI is InChI=1S/C29H26N2O4/c1-4-18-12-14-19(15-13-18)27(32)25-26(24-17(2)30-23-11-6-5-10-22(23)24)31(29(34)28(25)33)20-8-7-9-21(16-20)35-3/h5-16,26,30,32H,4H2,1-3H3/b27-25+. The highest BCUT2D eigenvalue weighted by Gasteiger charge is 2.48. The number of aliphatic hydroxyl groups is 1. The molecule has 3 aromatic carbocycles. The zero-order valence-electron chi connectivity index (χ0n) is 19.8. The van der Waals surface area contributed by atoms with Gasteiger partial charge in [-0.25, -0.2) is 0 Å². The molecule has 6 nitrogen and oxygen atoms in total. The second-order valence-corrected chi connectivity index (χ2v) is 8.63. The predicted molar refractivity (Wildman–Crippen MR) is 137 cm³/mol. The maximum atomic E-state index is 13.5. The van der Waals surface area contributed by atoms with Crippen molar-refractivity contribution in [3.05, 3.63) is 101 Å². The van der Waals surface area contributed by atoms with E-state index in [2.05, 4.69) is 4.98 Å². The number of rotatable bonds is 5. The van der Waals surface area contributed by atoms with Crippen molar-refractivity contribution < 1.29 is 19.4 Å². The minimum absolute atomic E-state index is 0.0647. The molecule has 1 aliphatic rings. The van der Waals surface area contributed by atoms with Crippen LogP contribution in [0.5, 0.6) is 5.75 Å². The van der Waals surface area contributed by atoms with E-state index in [4.69, 9.17) is 4.74 Å². The number of amides is 1. The molecule has 0 radical (unpaired) electrons. The summed E-state index contributed by atoms with van der Waals surface area (Å²) in [5.41, 5.74) is 4.67. The summed E-state index contributed by atoms with van der Waals surface area (Å²) in [4.78, 5) is 31.8. The quantitative estimate of drug-likeness (QED) is 0.225. The monoisotopic (exact) mass is 466 g/mol. The third-order valence-electron chi connectivity index (χ3n) is 6.63. The van der Waals surface area contributed by atoms with Crippen LogP contribution in [0.2, 0.25) is 0 Å². The van der Waals surface area contributed by atoms with Crippen LogP contribution in [0.25, 0.3) is 16.7 Å². The molecule has 5 rings (SSSR count). The lowest BCUT2D eigenvalue weighted by atomic mass is 9.93. The molecule has 1 saturated heterocycles. The Morgan fingerprint density at radius 1 is 1.03 bits per heavy atom. The number of carbonyl (C=O) groups excluding carboxylic acids is 2. The minimum atomic E-state index is -0.816. The van der Waals surface area contributed by atoms with Crippen LogP contribution in [0.1, 0.15) is 35.3 Å². The van der Waals surface area contributed by atoms with Gasteiger partial charge in [0.25, 0.3) is 11.7 Å². The number of nitrogens with zero attached hydrogens (tertiary/aromatic N) is 1. The number of fused-ring (bicyclic) bond motifs is 1. The number of benzene rings is 3. The third-order valence-corrected chi connectivity index (χ3v) is 6.63. The summed E-state index contributed by atoms with van der Waals surface area (Å²) in [7, 11) is 1.55. The smallest absolute Gasteiger partial charge is 0.300 e. The first-order chi connectivity index (χ1) is 16.9. The highest BCUT2D eigenvalue weighted by molar-refractivity contribution is 6.52. The van der Waals surface area contributed by atoms with Crippen LogP contribution in [0.15, 0.2) is 78.4 Å². The summed E-state index contributed by atoms with van der Waals surface area (Å²) in [6.07, 6.45) is 0.857. The molecule has 1 aliphatic heterocycles. The molecule has 0 bridgehead atoms. The number of anilines is 1. The molecule has 0 aliphatic carbocycles. The highest BCUT2D eigenvalue weighted by atomic mass is 16.5. The molecular formula is C29H26N2O4. The first-order valence-electron chi connectivity index (χ1n) is 11.6. The Labute approximate surface area is 203 Å². The summed E-state index contributed by atoms with van der Waals surface area (Å²) >= 11 is 0. The molecule has 2 N–H and O–H groups in total. The van der Waals surface area contributed by atoms with E-state index in [0.29, 0.717) is 17.0 Å². The number of nitrogens with one attached hydrogen (secondary N) is 1. The molecule has 0 spiro atoms. The van der Waals surface area contributed by atoms with Crippen molar-refractivity contribution in [3.63, 3.8) is 0 Å². The van der Waals surface area contributed by atoms with E-state index in [9.17, 15) is 14.7 Å². The number of aryl methyl sites for hydroxylation is 2. The third kappa shape index (κ3) is 3.67. The van der Waals surface area contributed by atoms with Gasteiger partial charge in [0.05, 0.1) is 18.7 Å². The van der Waals surface area contributed by atoms with Crippen LogP contribution in [-0.4, -0.2) is 28.9 Å². The number of Topliss-reactive ketones (excluding diaryl/α,β-unsaturated/α-hetero) is 1. The maximum absolute atomic E-state index is 13.5. The summed E-state index contributed by atoms with van der Waals surface area (Å²) < 4.78 is 5.37. The largest absolute Gasteiger partial charge is 0.507 e. The molecule has 2 heterocycles. The Hall–Kier alpha value is -4.32. The van der Waals surface area contributed by atoms with Gasteiger partial charge < -0.3 is 14.8 Å². The zero-order valence-corrected chi connectivity index (χ0v) is 19.8. The second kappa shape index (κ2) is 8.80. The van der Waals surface area contributed by atoms with Crippen molar-refractivity contribution in [1.29, 1.82) is 0 Å². The number of para-hydroxylation sites is 1. The molecule has 1 atom stereocenters. The van der Waals surface area contributed by atoms with E-state index in [1.54, 1.807) is 43.5 Å². The Kier molecular flexibility index (Phi) is 5.65. The van der Waals surface area contributed by atoms with Gasteiger partial charge in [0.2, 0.25) is 0 Å². The molecule has 176 valence electrons. The Balaban J connectivity index is 1.79. The number of aromatic amines is 1. The van der Waals surface area contributed by atoms with Crippen LogP contribution in [0.3, 0.4) is 0 Å². The first-order valence-corrected chi connectivity index (χ1v) is 11.6. The fourth-order valence-electron chi connectivity index (χ4n) is 4.84. The van der Waals surface area contributed by atoms with Crippen molar-refractivity contribution in [2.75, 3.05) is 12.0 Å². The maximum Gasteiger partial charge on any atom is 0.300 e. The van der Waals surface area contributed by atoms with Crippen LogP contribution < -0.4 is 9.64 Å². The predicted octanol–water partition coefficient (Wildman–Crippen LogP) is 5.67. The lowest BCUT2D eigenvalue weighted by Crippen LogP contribution is -2.29. The van der Waals surface area contributed by atoms with Crippen molar-refractivity contribution in [2.45, 2.75) is 26.3 Å². The van der Waals surface area contributed by atoms with Crippen LogP contribution in [0.4, 0.5) is 5.69 Å². The summed E-state index contributed by atoms with van der Waals surface area (Å²) in [6.45, 7) is 3.96. The number of methoxy groups -OCH3 is 1. The van der Waals surface area contributed by atoms with Crippen LogP contribution >= 0.6 is 0 Å². The van der Waals surface area contributed by atoms with Gasteiger partial charge in [-0.3, -0.25) is 14.5 Å². The Morgan fingerprint density at radius 3 is 2.49 bits per heavy atom. The molecule has 4 aromatic rings. The van der Waals surface area contributed by atoms with E-state index in [1.807, 2.05) is 50.2 Å². The number of ether oxygens (including phenoxy) is 1. The average Bonchev–Trinajstić information content (AvgIpc) is 3.35. The van der Waals surface area contributed by atoms with E-state index in [1.165, 1.54) is 4.90 Å². The average molecular weight is 467 g/mol. The van der Waals surface area contributed by atoms with E-state index in [-0.39, 0.29) is 11.3 Å². The number of ketones is 1.